The minimum Gasteiger partial charge on any atom is -0.334 e. The normalized spacial score (nSPS) is 22.2. The molecule has 1 aliphatic carbocycles. The Kier molecular flexibility index (Phi) is 4.25. The lowest BCUT2D eigenvalue weighted by atomic mass is 9.95. The van der Waals surface area contributed by atoms with Crippen LogP contribution in [-0.2, 0) is 25.8 Å². The fourth-order valence-corrected chi connectivity index (χ4v) is 5.54. The van der Waals surface area contributed by atoms with E-state index in [2.05, 4.69) is 15.7 Å². The predicted molar refractivity (Wildman–Crippen MR) is 102 cm³/mol. The zero-order valence-electron chi connectivity index (χ0n) is 15.0. The molecule has 0 aromatic carbocycles. The Labute approximate surface area is 157 Å². The summed E-state index contributed by atoms with van der Waals surface area (Å²) in [5, 5.41) is 5.47. The second-order valence-corrected chi connectivity index (χ2v) is 8.59. The first-order valence-electron chi connectivity index (χ1n) is 9.73. The number of thiophene rings is 1. The van der Waals surface area contributed by atoms with E-state index >= 15 is 0 Å². The molecule has 5 rings (SSSR count). The molecule has 0 spiro atoms. The highest BCUT2D eigenvalue weighted by Crippen LogP contribution is 2.32. The van der Waals surface area contributed by atoms with Crippen molar-refractivity contribution in [1.29, 1.82) is 0 Å². The van der Waals surface area contributed by atoms with Crippen LogP contribution < -0.4 is 5.32 Å². The molecule has 4 heterocycles. The van der Waals surface area contributed by atoms with Crippen molar-refractivity contribution in [2.45, 2.75) is 51.0 Å². The summed E-state index contributed by atoms with van der Waals surface area (Å²) in [5.41, 5.74) is 4.52. The van der Waals surface area contributed by atoms with E-state index < -0.39 is 0 Å². The lowest BCUT2D eigenvalue weighted by Crippen LogP contribution is -2.37. The Hall–Kier alpha value is -1.79. The Balaban J connectivity index is 1.35. The molecular weight excluding hydrogens is 344 g/mol. The third-order valence-electron chi connectivity index (χ3n) is 5.96. The van der Waals surface area contributed by atoms with Crippen LogP contribution in [0, 0.1) is 0 Å². The zero-order valence-corrected chi connectivity index (χ0v) is 15.8. The predicted octanol–water partition coefficient (Wildman–Crippen LogP) is 2.69. The smallest absolute Gasteiger partial charge is 0.255 e. The molecule has 1 unspecified atom stereocenters. The van der Waals surface area contributed by atoms with Crippen LogP contribution in [0.3, 0.4) is 0 Å². The van der Waals surface area contributed by atoms with Gasteiger partial charge in [-0.25, -0.2) is 9.97 Å². The van der Waals surface area contributed by atoms with E-state index in [1.807, 2.05) is 11.1 Å². The first kappa shape index (κ1) is 16.4. The van der Waals surface area contributed by atoms with Crippen LogP contribution in [-0.4, -0.2) is 40.4 Å². The second kappa shape index (κ2) is 6.74. The van der Waals surface area contributed by atoms with Gasteiger partial charge < -0.3 is 10.2 Å². The van der Waals surface area contributed by atoms with Gasteiger partial charge in [-0.05, 0) is 44.2 Å². The van der Waals surface area contributed by atoms with Gasteiger partial charge in [0.05, 0.1) is 11.3 Å². The van der Waals surface area contributed by atoms with Crippen LogP contribution in [0.5, 0.6) is 0 Å². The number of rotatable bonds is 2. The topological polar surface area (TPSA) is 58.1 Å². The van der Waals surface area contributed by atoms with Crippen LogP contribution in [0.2, 0.25) is 0 Å². The van der Waals surface area contributed by atoms with E-state index in [1.165, 1.54) is 23.3 Å². The zero-order chi connectivity index (χ0) is 17.5. The Morgan fingerprint density at radius 1 is 1.27 bits per heavy atom. The minimum atomic E-state index is 0.194. The molecule has 1 N–H and O–H groups in total. The van der Waals surface area contributed by atoms with Gasteiger partial charge in [0.15, 0.2) is 0 Å². The number of hydrogen-bond donors (Lipinski definition) is 1. The average molecular weight is 369 g/mol. The highest BCUT2D eigenvalue weighted by atomic mass is 32.1. The third-order valence-corrected chi connectivity index (χ3v) is 7.05. The van der Waals surface area contributed by atoms with Crippen LogP contribution >= 0.6 is 11.3 Å². The molecule has 0 bridgehead atoms. The highest BCUT2D eigenvalue weighted by molar-refractivity contribution is 7.10. The van der Waals surface area contributed by atoms with E-state index in [1.54, 1.807) is 11.3 Å². The van der Waals surface area contributed by atoms with Crippen LogP contribution in [0.1, 0.15) is 63.1 Å². The fraction of sp³-hybridized carbons (Fsp3) is 0.550. The minimum absolute atomic E-state index is 0.194. The van der Waals surface area contributed by atoms with Crippen LogP contribution in [0.4, 0.5) is 0 Å². The quantitative estimate of drug-likeness (QED) is 0.885. The monoisotopic (exact) mass is 368 g/mol. The van der Waals surface area contributed by atoms with Gasteiger partial charge in [-0.1, -0.05) is 0 Å². The maximum Gasteiger partial charge on any atom is 0.255 e. The van der Waals surface area contributed by atoms with Crippen molar-refractivity contribution >= 4 is 17.2 Å². The molecule has 1 saturated heterocycles. The Morgan fingerprint density at radius 2 is 2.19 bits per heavy atom. The van der Waals surface area contributed by atoms with Crippen LogP contribution in [0.25, 0.3) is 0 Å². The number of aryl methyl sites for hydroxylation is 1. The number of fused-ring (bicyclic) bond motifs is 2. The summed E-state index contributed by atoms with van der Waals surface area (Å²) in [6.07, 6.45) is 8.58. The lowest BCUT2D eigenvalue weighted by Gasteiger charge is -2.29. The Bertz CT molecular complexity index is 840. The molecule has 5 nitrogen and oxygen atoms in total. The van der Waals surface area contributed by atoms with E-state index in [9.17, 15) is 4.79 Å². The molecule has 26 heavy (non-hydrogen) atoms. The average Bonchev–Trinajstić information content (AvgIpc) is 3.36. The molecule has 136 valence electrons. The lowest BCUT2D eigenvalue weighted by molar-refractivity contribution is 0.0732. The molecule has 0 saturated carbocycles. The molecular formula is C20H24N4OS. The molecule has 2 aromatic rings. The number of hydrogen-bond acceptors (Lipinski definition) is 5. The number of amides is 1. The number of nitrogens with zero attached hydrogens (tertiary/aromatic N) is 3. The maximum atomic E-state index is 13.1. The second-order valence-electron chi connectivity index (χ2n) is 7.62. The standard InChI is InChI=1S/C20H24N4OS/c25-20(16-12-26-18-4-2-1-3-15(16)18)24-8-6-17-14(11-24)10-22-19(23-17)13-5-7-21-9-13/h10,12-13,21H,1-9,11H2. The van der Waals surface area contributed by atoms with Gasteiger partial charge in [0, 0.05) is 54.0 Å². The van der Waals surface area contributed by atoms with Gasteiger partial charge in [0.1, 0.15) is 5.82 Å². The molecule has 1 atom stereocenters. The van der Waals surface area contributed by atoms with Gasteiger partial charge in [0.25, 0.3) is 5.91 Å². The van der Waals surface area contributed by atoms with Crippen molar-refractivity contribution in [3.8, 4) is 0 Å². The largest absolute Gasteiger partial charge is 0.334 e. The van der Waals surface area contributed by atoms with Crippen molar-refractivity contribution in [1.82, 2.24) is 20.2 Å². The van der Waals surface area contributed by atoms with E-state index in [0.717, 1.165) is 68.0 Å². The molecule has 1 amide bonds. The van der Waals surface area contributed by atoms with Crippen LogP contribution in [0.15, 0.2) is 11.6 Å². The SMILES string of the molecule is O=C(c1csc2c1CCCC2)N1CCc2nc(C3CCNC3)ncc2C1. The molecule has 3 aliphatic rings. The van der Waals surface area contributed by atoms with E-state index in [-0.39, 0.29) is 5.91 Å². The molecule has 2 aromatic heterocycles. The van der Waals surface area contributed by atoms with E-state index in [4.69, 9.17) is 4.98 Å². The summed E-state index contributed by atoms with van der Waals surface area (Å²) >= 11 is 1.77. The van der Waals surface area contributed by atoms with E-state index in [0.29, 0.717) is 12.5 Å². The van der Waals surface area contributed by atoms with Crippen molar-refractivity contribution in [2.75, 3.05) is 19.6 Å². The Morgan fingerprint density at radius 3 is 3.08 bits per heavy atom. The van der Waals surface area contributed by atoms with Gasteiger partial charge in [-0.15, -0.1) is 11.3 Å². The fourth-order valence-electron chi connectivity index (χ4n) is 4.42. The summed E-state index contributed by atoms with van der Waals surface area (Å²) in [6, 6.07) is 0. The molecule has 6 heteroatoms. The molecule has 2 aliphatic heterocycles. The number of carbonyl (C=O) groups excluding carboxylic acids is 1. The number of carbonyl (C=O) groups is 1. The van der Waals surface area contributed by atoms with Gasteiger partial charge in [-0.2, -0.15) is 0 Å². The summed E-state index contributed by atoms with van der Waals surface area (Å²) in [7, 11) is 0. The van der Waals surface area contributed by atoms with Crippen molar-refractivity contribution < 1.29 is 4.79 Å². The summed E-state index contributed by atoms with van der Waals surface area (Å²) < 4.78 is 0. The van der Waals surface area contributed by atoms with Crippen molar-refractivity contribution in [3.63, 3.8) is 0 Å². The van der Waals surface area contributed by atoms with Gasteiger partial charge in [0.2, 0.25) is 0 Å². The summed E-state index contributed by atoms with van der Waals surface area (Å²) in [4.78, 5) is 26.0. The maximum absolute atomic E-state index is 13.1. The highest BCUT2D eigenvalue weighted by Gasteiger charge is 2.28. The summed E-state index contributed by atoms with van der Waals surface area (Å²) in [6.45, 7) is 3.43. The first-order chi connectivity index (χ1) is 12.8. The van der Waals surface area contributed by atoms with Crippen molar-refractivity contribution in [3.05, 3.63) is 44.7 Å². The molecule has 0 radical (unpaired) electrons. The van der Waals surface area contributed by atoms with Crippen molar-refractivity contribution in [2.24, 2.45) is 0 Å². The number of nitrogens with one attached hydrogen (secondary N) is 1. The number of aromatic nitrogens is 2. The third kappa shape index (κ3) is 2.85. The van der Waals surface area contributed by atoms with Gasteiger partial charge >= 0.3 is 0 Å². The first-order valence-corrected chi connectivity index (χ1v) is 10.6. The summed E-state index contributed by atoms with van der Waals surface area (Å²) in [5.74, 6) is 1.61. The molecule has 1 fully saturated rings. The van der Waals surface area contributed by atoms with Gasteiger partial charge in [-0.3, -0.25) is 4.79 Å².